The van der Waals surface area contributed by atoms with Gasteiger partial charge in [0.1, 0.15) is 5.75 Å². The number of amides is 1. The van der Waals surface area contributed by atoms with Gasteiger partial charge in [-0.05, 0) is 18.9 Å². The Morgan fingerprint density at radius 3 is 2.62 bits per heavy atom. The van der Waals surface area contributed by atoms with Gasteiger partial charge in [-0.3, -0.25) is 4.79 Å². The van der Waals surface area contributed by atoms with Crippen molar-refractivity contribution < 1.29 is 17.9 Å². The quantitative estimate of drug-likeness (QED) is 0.493. The topological polar surface area (TPSA) is 98.5 Å². The molecule has 0 bridgehead atoms. The summed E-state index contributed by atoms with van der Waals surface area (Å²) in [7, 11) is -2.18. The highest BCUT2D eigenvalue weighted by atomic mass is 35.5. The highest BCUT2D eigenvalue weighted by Crippen LogP contribution is 2.29. The average Bonchev–Trinajstić information content (AvgIpc) is 2.57. The van der Waals surface area contributed by atoms with Crippen LogP contribution in [0.5, 0.6) is 5.75 Å². The minimum Gasteiger partial charge on any atom is -0.496 e. The Hall–Kier alpha value is -1.18. The van der Waals surface area contributed by atoms with E-state index in [1.165, 1.54) is 26.2 Å². The maximum Gasteiger partial charge on any atom is 0.255 e. The van der Waals surface area contributed by atoms with Crippen molar-refractivity contribution in [2.45, 2.75) is 30.0 Å². The molecule has 0 aliphatic carbocycles. The van der Waals surface area contributed by atoms with Gasteiger partial charge in [0.2, 0.25) is 0 Å². The van der Waals surface area contributed by atoms with Crippen LogP contribution in [-0.4, -0.2) is 45.0 Å². The summed E-state index contributed by atoms with van der Waals surface area (Å²) in [6.45, 7) is 1.74. The largest absolute Gasteiger partial charge is 0.496 e. The maximum atomic E-state index is 12.4. The number of nitrogens with two attached hydrogens (primary N) is 1. The molecular weight excluding hydrogens is 375 g/mol. The first-order valence-electron chi connectivity index (χ1n) is 7.45. The molecule has 0 radical (unpaired) electrons. The van der Waals surface area contributed by atoms with Crippen LogP contribution in [-0.2, 0) is 9.84 Å². The summed E-state index contributed by atoms with van der Waals surface area (Å²) in [6, 6.07) is 2.58. The number of sulfone groups is 1. The number of rotatable bonds is 9. The lowest BCUT2D eigenvalue weighted by atomic mass is 10.1. The lowest BCUT2D eigenvalue weighted by Crippen LogP contribution is -2.30. The van der Waals surface area contributed by atoms with E-state index >= 15 is 0 Å². The average molecular weight is 397 g/mol. The van der Waals surface area contributed by atoms with Crippen molar-refractivity contribution in [2.24, 2.45) is 0 Å². The number of carbonyl (C=O) groups excluding carboxylic acids is 1. The molecule has 24 heavy (non-hydrogen) atoms. The SMILES string of the molecule is CCS(=O)(=O)c1cc(C(=O)NC[C@H](Cl)CCCCl)c(OC)cc1N. The van der Waals surface area contributed by atoms with Crippen molar-refractivity contribution in [3.05, 3.63) is 17.7 Å². The Balaban J connectivity index is 3.04. The van der Waals surface area contributed by atoms with Gasteiger partial charge in [-0.25, -0.2) is 8.42 Å². The first-order valence-corrected chi connectivity index (χ1v) is 10.1. The van der Waals surface area contributed by atoms with Crippen LogP contribution in [0.1, 0.15) is 30.1 Å². The number of nitrogens with one attached hydrogen (secondary N) is 1. The second-order valence-corrected chi connectivity index (χ2v) is 8.37. The first kappa shape index (κ1) is 20.9. The maximum absolute atomic E-state index is 12.4. The van der Waals surface area contributed by atoms with E-state index in [1.54, 1.807) is 0 Å². The zero-order valence-electron chi connectivity index (χ0n) is 13.6. The lowest BCUT2D eigenvalue weighted by molar-refractivity contribution is 0.0950. The number of halogens is 2. The Kier molecular flexibility index (Phi) is 8.12. The molecule has 0 saturated carbocycles. The van der Waals surface area contributed by atoms with Crippen LogP contribution in [0.2, 0.25) is 0 Å². The van der Waals surface area contributed by atoms with Crippen molar-refractivity contribution in [3.63, 3.8) is 0 Å². The molecule has 1 rings (SSSR count). The molecule has 0 fully saturated rings. The standard InChI is InChI=1S/C15H22Cl2N2O4S/c1-3-24(21,22)14-7-11(13(23-2)8-12(14)18)15(20)19-9-10(17)5-4-6-16/h7-8,10H,3-6,9,18H2,1-2H3,(H,19,20)/t10-/m1/s1. The van der Waals surface area contributed by atoms with Gasteiger partial charge in [-0.15, -0.1) is 23.2 Å². The molecule has 1 aromatic carbocycles. The molecule has 0 unspecified atom stereocenters. The van der Waals surface area contributed by atoms with E-state index in [-0.39, 0.29) is 39.6 Å². The third kappa shape index (κ3) is 5.43. The molecule has 1 amide bonds. The summed E-state index contributed by atoms with van der Waals surface area (Å²) in [5, 5.41) is 2.41. The van der Waals surface area contributed by atoms with Gasteiger partial charge in [-0.2, -0.15) is 0 Å². The molecule has 0 aromatic heterocycles. The number of hydrogen-bond acceptors (Lipinski definition) is 5. The van der Waals surface area contributed by atoms with Crippen LogP contribution < -0.4 is 15.8 Å². The van der Waals surface area contributed by atoms with Gasteiger partial charge >= 0.3 is 0 Å². The number of benzene rings is 1. The second kappa shape index (κ2) is 9.34. The minimum absolute atomic E-state index is 0.0441. The highest BCUT2D eigenvalue weighted by molar-refractivity contribution is 7.91. The first-order chi connectivity index (χ1) is 11.3. The zero-order valence-corrected chi connectivity index (χ0v) is 16.0. The van der Waals surface area contributed by atoms with Gasteiger partial charge < -0.3 is 15.8 Å². The van der Waals surface area contributed by atoms with Crippen LogP contribution in [0.15, 0.2) is 17.0 Å². The number of nitrogen functional groups attached to an aromatic ring is 1. The molecule has 0 saturated heterocycles. The van der Waals surface area contributed by atoms with E-state index in [2.05, 4.69) is 5.32 Å². The van der Waals surface area contributed by atoms with Crippen LogP contribution in [0.4, 0.5) is 5.69 Å². The monoisotopic (exact) mass is 396 g/mol. The van der Waals surface area contributed by atoms with E-state index in [0.29, 0.717) is 12.3 Å². The van der Waals surface area contributed by atoms with Crippen molar-refractivity contribution in [3.8, 4) is 5.75 Å². The number of anilines is 1. The summed E-state index contributed by atoms with van der Waals surface area (Å²) in [5.74, 6) is 0.108. The lowest BCUT2D eigenvalue weighted by Gasteiger charge is -2.15. The summed E-state index contributed by atoms with van der Waals surface area (Å²) in [5.41, 5.74) is 5.92. The molecule has 0 heterocycles. The molecule has 0 aliphatic rings. The normalized spacial score (nSPS) is 12.7. The molecule has 1 atom stereocenters. The summed E-state index contributed by atoms with van der Waals surface area (Å²) in [4.78, 5) is 12.3. The zero-order chi connectivity index (χ0) is 18.3. The Morgan fingerprint density at radius 1 is 1.42 bits per heavy atom. The fraction of sp³-hybridized carbons (Fsp3) is 0.533. The van der Waals surface area contributed by atoms with E-state index in [4.69, 9.17) is 33.7 Å². The Bertz CT molecular complexity index is 680. The van der Waals surface area contributed by atoms with Gasteiger partial charge in [0, 0.05) is 18.5 Å². The van der Waals surface area contributed by atoms with E-state index < -0.39 is 15.7 Å². The Morgan fingerprint density at radius 2 is 2.08 bits per heavy atom. The van der Waals surface area contributed by atoms with Gasteiger partial charge in [0.15, 0.2) is 9.84 Å². The van der Waals surface area contributed by atoms with E-state index in [0.717, 1.165) is 6.42 Å². The summed E-state index contributed by atoms with van der Waals surface area (Å²) in [6.07, 6.45) is 1.41. The highest BCUT2D eigenvalue weighted by Gasteiger charge is 2.22. The second-order valence-electron chi connectivity index (χ2n) is 5.13. The van der Waals surface area contributed by atoms with Crippen molar-refractivity contribution in [1.29, 1.82) is 0 Å². The van der Waals surface area contributed by atoms with Gasteiger partial charge in [-0.1, -0.05) is 6.92 Å². The number of alkyl halides is 2. The van der Waals surface area contributed by atoms with Crippen LogP contribution in [0, 0.1) is 0 Å². The summed E-state index contributed by atoms with van der Waals surface area (Å²) >= 11 is 11.7. The molecule has 1 aromatic rings. The fourth-order valence-electron chi connectivity index (χ4n) is 2.05. The van der Waals surface area contributed by atoms with Crippen molar-refractivity contribution in [2.75, 3.05) is 31.0 Å². The minimum atomic E-state index is -3.55. The molecule has 9 heteroatoms. The van der Waals surface area contributed by atoms with Crippen molar-refractivity contribution in [1.82, 2.24) is 5.32 Å². The number of hydrogen-bond donors (Lipinski definition) is 2. The molecule has 0 aliphatic heterocycles. The van der Waals surface area contributed by atoms with Crippen LogP contribution in [0.3, 0.4) is 0 Å². The van der Waals surface area contributed by atoms with E-state index in [9.17, 15) is 13.2 Å². The van der Waals surface area contributed by atoms with Crippen LogP contribution in [0.25, 0.3) is 0 Å². The van der Waals surface area contributed by atoms with Gasteiger partial charge in [0.25, 0.3) is 5.91 Å². The Labute approximate surface area is 152 Å². The number of methoxy groups -OCH3 is 1. The third-order valence-electron chi connectivity index (χ3n) is 3.43. The number of ether oxygens (including phenoxy) is 1. The van der Waals surface area contributed by atoms with Crippen molar-refractivity contribution >= 4 is 44.6 Å². The molecule has 3 N–H and O–H groups in total. The van der Waals surface area contributed by atoms with E-state index in [1.807, 2.05) is 0 Å². The summed E-state index contributed by atoms with van der Waals surface area (Å²) < 4.78 is 29.3. The predicted molar refractivity (Wildman–Crippen MR) is 97.1 cm³/mol. The fourth-order valence-corrected chi connectivity index (χ4v) is 3.46. The molecule has 0 spiro atoms. The molecule has 6 nitrogen and oxygen atoms in total. The predicted octanol–water partition coefficient (Wildman–Crippen LogP) is 2.43. The molecule has 136 valence electrons. The third-order valence-corrected chi connectivity index (χ3v) is 5.85. The molecular formula is C15H22Cl2N2O4S. The van der Waals surface area contributed by atoms with Crippen LogP contribution >= 0.6 is 23.2 Å². The van der Waals surface area contributed by atoms with Gasteiger partial charge in [0.05, 0.1) is 34.4 Å². The smallest absolute Gasteiger partial charge is 0.255 e. The number of carbonyl (C=O) groups is 1.